The Morgan fingerprint density at radius 1 is 1.29 bits per heavy atom. The number of carboxylic acid groups (broad SMARTS) is 1. The number of nitrogens with zero attached hydrogens (tertiary/aromatic N) is 1. The van der Waals surface area contributed by atoms with Gasteiger partial charge in [-0.15, -0.1) is 0 Å². The Kier molecular flexibility index (Phi) is 4.08. The fourth-order valence-corrected chi connectivity index (χ4v) is 3.59. The molecule has 0 radical (unpaired) electrons. The molecule has 2 rings (SSSR count). The SMILES string of the molecule is CC1CCC(C)C(N2CCC(CC(=O)O)C2)C1. The van der Waals surface area contributed by atoms with Crippen LogP contribution < -0.4 is 0 Å². The van der Waals surface area contributed by atoms with Gasteiger partial charge in [0.2, 0.25) is 0 Å². The Morgan fingerprint density at radius 2 is 2.06 bits per heavy atom. The first-order chi connectivity index (χ1) is 8.06. The van der Waals surface area contributed by atoms with Crippen molar-refractivity contribution in [1.29, 1.82) is 0 Å². The third-order valence-electron chi connectivity index (χ3n) is 4.67. The van der Waals surface area contributed by atoms with Crippen LogP contribution in [0.4, 0.5) is 0 Å². The maximum atomic E-state index is 10.7. The molecule has 3 heteroatoms. The van der Waals surface area contributed by atoms with E-state index in [2.05, 4.69) is 18.7 Å². The molecule has 4 unspecified atom stereocenters. The van der Waals surface area contributed by atoms with Crippen LogP contribution in [0.1, 0.15) is 46.0 Å². The van der Waals surface area contributed by atoms with Crippen molar-refractivity contribution in [3.63, 3.8) is 0 Å². The highest BCUT2D eigenvalue weighted by Crippen LogP contribution is 2.34. The van der Waals surface area contributed by atoms with E-state index in [-0.39, 0.29) is 0 Å². The van der Waals surface area contributed by atoms with E-state index >= 15 is 0 Å². The number of carboxylic acids is 1. The minimum absolute atomic E-state index is 0.354. The number of carbonyl (C=O) groups is 1. The predicted molar refractivity (Wildman–Crippen MR) is 67.9 cm³/mol. The molecule has 98 valence electrons. The van der Waals surface area contributed by atoms with Crippen LogP contribution in [0.3, 0.4) is 0 Å². The fourth-order valence-electron chi connectivity index (χ4n) is 3.59. The molecule has 4 atom stereocenters. The van der Waals surface area contributed by atoms with Gasteiger partial charge in [0.15, 0.2) is 0 Å². The quantitative estimate of drug-likeness (QED) is 0.823. The summed E-state index contributed by atoms with van der Waals surface area (Å²) in [5.41, 5.74) is 0. The maximum Gasteiger partial charge on any atom is 0.303 e. The zero-order valence-corrected chi connectivity index (χ0v) is 11.1. The summed E-state index contributed by atoms with van der Waals surface area (Å²) < 4.78 is 0. The van der Waals surface area contributed by atoms with E-state index in [1.807, 2.05) is 0 Å². The van der Waals surface area contributed by atoms with Crippen LogP contribution in [-0.4, -0.2) is 35.1 Å². The zero-order valence-electron chi connectivity index (χ0n) is 11.1. The van der Waals surface area contributed by atoms with Gasteiger partial charge in [-0.1, -0.05) is 20.3 Å². The lowest BCUT2D eigenvalue weighted by Gasteiger charge is -2.39. The largest absolute Gasteiger partial charge is 0.481 e. The summed E-state index contributed by atoms with van der Waals surface area (Å²) >= 11 is 0. The van der Waals surface area contributed by atoms with Crippen LogP contribution in [0, 0.1) is 17.8 Å². The van der Waals surface area contributed by atoms with E-state index in [0.717, 1.165) is 31.3 Å². The predicted octanol–water partition coefficient (Wildman–Crippen LogP) is 2.61. The molecule has 0 aromatic heterocycles. The first-order valence-electron chi connectivity index (χ1n) is 7.02. The van der Waals surface area contributed by atoms with Crippen molar-refractivity contribution >= 4 is 5.97 Å². The molecule has 17 heavy (non-hydrogen) atoms. The standard InChI is InChI=1S/C14H25NO2/c1-10-3-4-11(2)13(7-10)15-6-5-12(9-15)8-14(16)17/h10-13H,3-9H2,1-2H3,(H,16,17). The molecule has 1 aliphatic heterocycles. The van der Waals surface area contributed by atoms with Crippen molar-refractivity contribution < 1.29 is 9.90 Å². The van der Waals surface area contributed by atoms with Gasteiger partial charge in [0.25, 0.3) is 0 Å². The van der Waals surface area contributed by atoms with Gasteiger partial charge in [-0.2, -0.15) is 0 Å². The monoisotopic (exact) mass is 239 g/mol. The highest BCUT2D eigenvalue weighted by Gasteiger charge is 2.34. The van der Waals surface area contributed by atoms with Crippen molar-refractivity contribution in [3.05, 3.63) is 0 Å². The topological polar surface area (TPSA) is 40.5 Å². The molecule has 3 nitrogen and oxygen atoms in total. The Labute approximate surface area is 104 Å². The molecule has 0 amide bonds. The fraction of sp³-hybridized carbons (Fsp3) is 0.929. The van der Waals surface area contributed by atoms with Crippen molar-refractivity contribution in [2.75, 3.05) is 13.1 Å². The minimum atomic E-state index is -0.637. The van der Waals surface area contributed by atoms with Crippen molar-refractivity contribution in [2.24, 2.45) is 17.8 Å². The average Bonchev–Trinajstić information content (AvgIpc) is 2.69. The van der Waals surface area contributed by atoms with Gasteiger partial charge in [0, 0.05) is 19.0 Å². The number of aliphatic carboxylic acids is 1. The van der Waals surface area contributed by atoms with Gasteiger partial charge < -0.3 is 5.11 Å². The summed E-state index contributed by atoms with van der Waals surface area (Å²) in [4.78, 5) is 13.3. The summed E-state index contributed by atoms with van der Waals surface area (Å²) in [6.45, 7) is 6.83. The summed E-state index contributed by atoms with van der Waals surface area (Å²) in [7, 11) is 0. The number of hydrogen-bond donors (Lipinski definition) is 1. The van der Waals surface area contributed by atoms with Crippen LogP contribution in [0.25, 0.3) is 0 Å². The lowest BCUT2D eigenvalue weighted by atomic mass is 9.79. The van der Waals surface area contributed by atoms with Crippen LogP contribution in [0.5, 0.6) is 0 Å². The van der Waals surface area contributed by atoms with E-state index in [4.69, 9.17) is 5.11 Å². The van der Waals surface area contributed by atoms with Gasteiger partial charge in [-0.3, -0.25) is 9.69 Å². The number of rotatable bonds is 3. The molecule has 1 N–H and O–H groups in total. The van der Waals surface area contributed by atoms with E-state index in [9.17, 15) is 4.79 Å². The third-order valence-corrected chi connectivity index (χ3v) is 4.67. The first-order valence-corrected chi connectivity index (χ1v) is 7.02. The Morgan fingerprint density at radius 3 is 2.76 bits per heavy atom. The lowest BCUT2D eigenvalue weighted by molar-refractivity contribution is -0.138. The Bertz CT molecular complexity index is 279. The molecule has 0 aromatic rings. The second-order valence-electron chi connectivity index (χ2n) is 6.21. The summed E-state index contributed by atoms with van der Waals surface area (Å²) in [5.74, 6) is 1.38. The van der Waals surface area contributed by atoms with Gasteiger partial charge in [-0.25, -0.2) is 0 Å². The molecule has 0 spiro atoms. The molecule has 2 fully saturated rings. The normalized spacial score (nSPS) is 39.4. The van der Waals surface area contributed by atoms with Gasteiger partial charge in [0.05, 0.1) is 0 Å². The molecular weight excluding hydrogens is 214 g/mol. The van der Waals surface area contributed by atoms with E-state index < -0.39 is 5.97 Å². The molecule has 1 saturated heterocycles. The summed E-state index contributed by atoms with van der Waals surface area (Å²) in [5, 5.41) is 8.85. The van der Waals surface area contributed by atoms with Gasteiger partial charge in [0.1, 0.15) is 0 Å². The molecule has 0 bridgehead atoms. The van der Waals surface area contributed by atoms with Crippen molar-refractivity contribution in [2.45, 2.75) is 52.0 Å². The van der Waals surface area contributed by atoms with Crippen LogP contribution >= 0.6 is 0 Å². The number of hydrogen-bond acceptors (Lipinski definition) is 2. The highest BCUT2D eigenvalue weighted by molar-refractivity contribution is 5.67. The van der Waals surface area contributed by atoms with Gasteiger partial charge in [-0.05, 0) is 43.6 Å². The van der Waals surface area contributed by atoms with E-state index in [1.54, 1.807) is 0 Å². The first kappa shape index (κ1) is 12.9. The van der Waals surface area contributed by atoms with Crippen LogP contribution in [-0.2, 0) is 4.79 Å². The molecular formula is C14H25NO2. The Hall–Kier alpha value is -0.570. The summed E-state index contributed by atoms with van der Waals surface area (Å²) in [6, 6.07) is 0.706. The molecule has 1 saturated carbocycles. The average molecular weight is 239 g/mol. The zero-order chi connectivity index (χ0) is 12.4. The van der Waals surface area contributed by atoms with E-state index in [1.165, 1.54) is 19.3 Å². The van der Waals surface area contributed by atoms with Crippen molar-refractivity contribution in [3.8, 4) is 0 Å². The van der Waals surface area contributed by atoms with Crippen LogP contribution in [0.15, 0.2) is 0 Å². The second kappa shape index (κ2) is 5.38. The summed E-state index contributed by atoms with van der Waals surface area (Å²) in [6.07, 6.45) is 5.44. The van der Waals surface area contributed by atoms with Crippen molar-refractivity contribution in [1.82, 2.24) is 4.90 Å². The Balaban J connectivity index is 1.88. The highest BCUT2D eigenvalue weighted by atomic mass is 16.4. The molecule has 1 aliphatic carbocycles. The molecule has 1 heterocycles. The minimum Gasteiger partial charge on any atom is -0.481 e. The molecule has 2 aliphatic rings. The maximum absolute atomic E-state index is 10.7. The third kappa shape index (κ3) is 3.21. The smallest absolute Gasteiger partial charge is 0.303 e. The number of likely N-dealkylation sites (tertiary alicyclic amines) is 1. The molecule has 0 aromatic carbocycles. The second-order valence-corrected chi connectivity index (χ2v) is 6.21. The van der Waals surface area contributed by atoms with Gasteiger partial charge >= 0.3 is 5.97 Å². The lowest BCUT2D eigenvalue weighted by Crippen LogP contribution is -2.42. The van der Waals surface area contributed by atoms with E-state index in [0.29, 0.717) is 18.4 Å². The van der Waals surface area contributed by atoms with Crippen LogP contribution in [0.2, 0.25) is 0 Å².